The molecule has 0 bridgehead atoms. The van der Waals surface area contributed by atoms with Crippen LogP contribution in [0.3, 0.4) is 0 Å². The van der Waals surface area contributed by atoms with E-state index in [9.17, 15) is 9.59 Å². The molecule has 0 aromatic carbocycles. The van der Waals surface area contributed by atoms with Gasteiger partial charge in [-0.3, -0.25) is 9.59 Å². The van der Waals surface area contributed by atoms with Crippen LogP contribution in [0.4, 0.5) is 0 Å². The molecule has 4 saturated carbocycles. The van der Waals surface area contributed by atoms with Gasteiger partial charge in [0.15, 0.2) is 0 Å². The predicted molar refractivity (Wildman–Crippen MR) is 109 cm³/mol. The summed E-state index contributed by atoms with van der Waals surface area (Å²) in [5.74, 6) is 3.07. The zero-order valence-corrected chi connectivity index (χ0v) is 17.9. The van der Waals surface area contributed by atoms with Gasteiger partial charge in [-0.1, -0.05) is 33.3 Å². The Morgan fingerprint density at radius 2 is 2.00 bits per heavy atom. The van der Waals surface area contributed by atoms with Crippen molar-refractivity contribution < 1.29 is 9.59 Å². The van der Waals surface area contributed by atoms with Gasteiger partial charge in [0.2, 0.25) is 11.8 Å². The molecule has 0 aromatic rings. The monoisotopic (exact) mass is 384 g/mol. The van der Waals surface area contributed by atoms with Crippen molar-refractivity contribution >= 4 is 11.8 Å². The SMILES string of the molecule is CC1CC1C(=O)NC1C[C@]2(C)CCC[C@H]2[C@@H]2CC[C@H]3N(C)C(=O)C=C[C@]3(C)[C@@H]12. The number of amides is 2. The maximum atomic E-state index is 12.9. The summed E-state index contributed by atoms with van der Waals surface area (Å²) < 4.78 is 0. The van der Waals surface area contributed by atoms with Gasteiger partial charge in [-0.25, -0.2) is 0 Å². The van der Waals surface area contributed by atoms with Crippen molar-refractivity contribution in [1.82, 2.24) is 10.2 Å². The van der Waals surface area contributed by atoms with Gasteiger partial charge < -0.3 is 10.2 Å². The summed E-state index contributed by atoms with van der Waals surface area (Å²) >= 11 is 0. The summed E-state index contributed by atoms with van der Waals surface area (Å²) in [4.78, 5) is 27.3. The van der Waals surface area contributed by atoms with Crippen LogP contribution in [0.15, 0.2) is 12.2 Å². The van der Waals surface area contributed by atoms with E-state index in [1.54, 1.807) is 6.08 Å². The Balaban J connectivity index is 1.52. The molecule has 5 aliphatic rings. The normalized spacial score (nSPS) is 51.9. The summed E-state index contributed by atoms with van der Waals surface area (Å²) in [7, 11) is 1.97. The molecule has 0 aromatic heterocycles. The van der Waals surface area contributed by atoms with Gasteiger partial charge in [-0.05, 0) is 73.7 Å². The van der Waals surface area contributed by atoms with Crippen LogP contribution < -0.4 is 5.32 Å². The Bertz CT molecular complexity index is 732. The lowest BCUT2D eigenvalue weighted by Crippen LogP contribution is -2.65. The minimum Gasteiger partial charge on any atom is -0.353 e. The van der Waals surface area contributed by atoms with E-state index in [0.717, 1.165) is 25.2 Å². The summed E-state index contributed by atoms with van der Waals surface area (Å²) in [5, 5.41) is 3.56. The Hall–Kier alpha value is -1.32. The van der Waals surface area contributed by atoms with Crippen molar-refractivity contribution in [1.29, 1.82) is 0 Å². The van der Waals surface area contributed by atoms with Gasteiger partial charge in [0.05, 0.1) is 0 Å². The lowest BCUT2D eigenvalue weighted by Gasteiger charge is -2.62. The van der Waals surface area contributed by atoms with Crippen molar-refractivity contribution in [3.05, 3.63) is 12.2 Å². The molecule has 154 valence electrons. The number of carbonyl (C=O) groups excluding carboxylic acids is 2. The van der Waals surface area contributed by atoms with Crippen molar-refractivity contribution in [3.63, 3.8) is 0 Å². The third-order valence-corrected chi connectivity index (χ3v) is 9.64. The molecule has 0 radical (unpaired) electrons. The smallest absolute Gasteiger partial charge is 0.246 e. The number of fused-ring (bicyclic) bond motifs is 5. The predicted octanol–water partition coefficient (Wildman–Crippen LogP) is 3.77. The van der Waals surface area contributed by atoms with Crippen LogP contribution in [0.25, 0.3) is 0 Å². The van der Waals surface area contributed by atoms with Crippen LogP contribution in [0, 0.1) is 40.4 Å². The Labute approximate surface area is 169 Å². The van der Waals surface area contributed by atoms with Gasteiger partial charge in [0.1, 0.15) is 0 Å². The second-order valence-corrected chi connectivity index (χ2v) is 11.2. The van der Waals surface area contributed by atoms with E-state index in [2.05, 4.69) is 32.2 Å². The minimum absolute atomic E-state index is 0.0391. The largest absolute Gasteiger partial charge is 0.353 e. The maximum absolute atomic E-state index is 12.9. The van der Waals surface area contributed by atoms with E-state index in [1.165, 1.54) is 25.7 Å². The van der Waals surface area contributed by atoms with Crippen LogP contribution in [-0.4, -0.2) is 35.8 Å². The molecule has 4 heteroatoms. The van der Waals surface area contributed by atoms with E-state index in [1.807, 2.05) is 11.9 Å². The molecule has 0 spiro atoms. The molecule has 0 saturated heterocycles. The van der Waals surface area contributed by atoms with E-state index < -0.39 is 0 Å². The van der Waals surface area contributed by atoms with Gasteiger partial charge >= 0.3 is 0 Å². The molecule has 3 unspecified atom stereocenters. The Kier molecular flexibility index (Phi) is 4.07. The highest BCUT2D eigenvalue weighted by Crippen LogP contribution is 2.64. The Morgan fingerprint density at radius 3 is 2.71 bits per heavy atom. The molecular weight excluding hydrogens is 348 g/mol. The number of hydrogen-bond acceptors (Lipinski definition) is 2. The molecule has 1 aliphatic heterocycles. The molecular formula is C24H36N2O2. The fraction of sp³-hybridized carbons (Fsp3) is 0.833. The standard InChI is InChI=1S/C24H36N2O2/c1-14-12-16(14)22(28)25-18-13-23(2)10-5-6-17(23)15-7-8-19-24(3,21(15)18)11-9-20(27)26(19)4/h9,11,14-19,21H,5-8,10,12-13H2,1-4H3,(H,25,28)/t14?,15-,16?,17-,18?,19+,21+,23-,24-/m0/s1. The average molecular weight is 385 g/mol. The van der Waals surface area contributed by atoms with Crippen LogP contribution in [0.5, 0.6) is 0 Å². The van der Waals surface area contributed by atoms with Crippen LogP contribution >= 0.6 is 0 Å². The molecule has 9 atom stereocenters. The molecule has 1 heterocycles. The molecule has 1 N–H and O–H groups in total. The first-order valence-electron chi connectivity index (χ1n) is 11.5. The maximum Gasteiger partial charge on any atom is 0.246 e. The van der Waals surface area contributed by atoms with Crippen LogP contribution in [-0.2, 0) is 9.59 Å². The summed E-state index contributed by atoms with van der Waals surface area (Å²) in [6, 6.07) is 0.500. The third-order valence-electron chi connectivity index (χ3n) is 9.64. The van der Waals surface area contributed by atoms with Gasteiger partial charge in [0.25, 0.3) is 0 Å². The summed E-state index contributed by atoms with van der Waals surface area (Å²) in [6.07, 6.45) is 12.4. The molecule has 28 heavy (non-hydrogen) atoms. The molecule has 4 fully saturated rings. The van der Waals surface area contributed by atoms with Crippen molar-refractivity contribution in [2.45, 2.75) is 77.8 Å². The number of nitrogens with zero attached hydrogens (tertiary/aromatic N) is 1. The first-order valence-corrected chi connectivity index (χ1v) is 11.5. The molecule has 5 rings (SSSR count). The van der Waals surface area contributed by atoms with E-state index in [0.29, 0.717) is 23.2 Å². The zero-order valence-electron chi connectivity index (χ0n) is 17.9. The van der Waals surface area contributed by atoms with Gasteiger partial charge in [-0.15, -0.1) is 0 Å². The third kappa shape index (κ3) is 2.55. The van der Waals surface area contributed by atoms with Crippen molar-refractivity contribution in [2.24, 2.45) is 40.4 Å². The summed E-state index contributed by atoms with van der Waals surface area (Å²) in [6.45, 7) is 7.04. The molecule has 2 amide bonds. The number of likely N-dealkylation sites (N-methyl/N-ethyl adjacent to an activating group) is 1. The lowest BCUT2D eigenvalue weighted by molar-refractivity contribution is -0.143. The van der Waals surface area contributed by atoms with Crippen molar-refractivity contribution in [2.75, 3.05) is 7.05 Å². The first kappa shape index (κ1) is 18.7. The number of carbonyl (C=O) groups is 2. The Morgan fingerprint density at radius 1 is 1.25 bits per heavy atom. The molecule has 4 nitrogen and oxygen atoms in total. The number of hydrogen-bond donors (Lipinski definition) is 1. The lowest BCUT2D eigenvalue weighted by atomic mass is 9.47. The molecule has 4 aliphatic carbocycles. The zero-order chi connectivity index (χ0) is 19.8. The average Bonchev–Trinajstić information content (AvgIpc) is 3.24. The summed E-state index contributed by atoms with van der Waals surface area (Å²) in [5.41, 5.74) is 0.334. The highest BCUT2D eigenvalue weighted by molar-refractivity contribution is 5.89. The van der Waals surface area contributed by atoms with Crippen LogP contribution in [0.1, 0.15) is 65.7 Å². The fourth-order valence-electron chi connectivity index (χ4n) is 8.05. The quantitative estimate of drug-likeness (QED) is 0.788. The second kappa shape index (κ2) is 6.09. The fourth-order valence-corrected chi connectivity index (χ4v) is 8.05. The van der Waals surface area contributed by atoms with Gasteiger partial charge in [0, 0.05) is 30.5 Å². The topological polar surface area (TPSA) is 49.4 Å². The number of rotatable bonds is 2. The van der Waals surface area contributed by atoms with E-state index in [4.69, 9.17) is 0 Å². The highest BCUT2D eigenvalue weighted by Gasteiger charge is 2.61. The van der Waals surface area contributed by atoms with Crippen LogP contribution in [0.2, 0.25) is 0 Å². The van der Waals surface area contributed by atoms with E-state index in [-0.39, 0.29) is 35.2 Å². The highest BCUT2D eigenvalue weighted by atomic mass is 16.2. The van der Waals surface area contributed by atoms with Gasteiger partial charge in [-0.2, -0.15) is 0 Å². The number of nitrogens with one attached hydrogen (secondary N) is 1. The second-order valence-electron chi connectivity index (χ2n) is 11.2. The first-order chi connectivity index (χ1) is 13.2. The van der Waals surface area contributed by atoms with E-state index >= 15 is 0 Å². The van der Waals surface area contributed by atoms with Crippen molar-refractivity contribution in [3.8, 4) is 0 Å². The minimum atomic E-state index is -0.0391.